The zero-order valence-corrected chi connectivity index (χ0v) is 7.84. The summed E-state index contributed by atoms with van der Waals surface area (Å²) < 4.78 is 0. The number of nitrogens with zero attached hydrogens (tertiary/aromatic N) is 3. The number of urea groups is 1. The Balaban J connectivity index is 2.47. The van der Waals surface area contributed by atoms with E-state index < -0.39 is 18.0 Å². The zero-order valence-electron chi connectivity index (χ0n) is 7.84. The summed E-state index contributed by atoms with van der Waals surface area (Å²) in [6.45, 7) is 1.34. The molecule has 1 rings (SSSR count). The van der Waals surface area contributed by atoms with Gasteiger partial charge in [-0.15, -0.1) is 5.10 Å². The number of aromatic nitrogens is 3. The molecule has 0 aromatic carbocycles. The summed E-state index contributed by atoms with van der Waals surface area (Å²) in [6, 6.07) is -1.68. The van der Waals surface area contributed by atoms with Gasteiger partial charge in [-0.3, -0.25) is 10.1 Å². The fourth-order valence-corrected chi connectivity index (χ4v) is 0.701. The summed E-state index contributed by atoms with van der Waals surface area (Å²) in [5.74, 6) is -1.12. The monoisotopic (exact) mass is 211 g/mol. The quantitative estimate of drug-likeness (QED) is 0.618. The second-order valence-electron chi connectivity index (χ2n) is 2.62. The molecule has 0 radical (unpaired) electrons. The van der Waals surface area contributed by atoms with Crippen LogP contribution in [0.4, 0.5) is 10.7 Å². The number of carbonyl (C=O) groups excluding carboxylic acids is 1. The van der Waals surface area contributed by atoms with Crippen LogP contribution in [-0.2, 0) is 4.79 Å². The summed E-state index contributed by atoms with van der Waals surface area (Å²) in [4.78, 5) is 25.2. The van der Waals surface area contributed by atoms with Gasteiger partial charge in [0.15, 0.2) is 0 Å². The predicted molar refractivity (Wildman–Crippen MR) is 49.1 cm³/mol. The SMILES string of the molecule is C[C@H](NC(=O)Nc1nccnn1)C(=O)O. The minimum Gasteiger partial charge on any atom is -0.480 e. The number of hydrogen-bond donors (Lipinski definition) is 3. The Morgan fingerprint density at radius 3 is 2.73 bits per heavy atom. The van der Waals surface area contributed by atoms with Crippen LogP contribution in [0.25, 0.3) is 0 Å². The first-order chi connectivity index (χ1) is 7.09. The fourth-order valence-electron chi connectivity index (χ4n) is 0.701. The minimum absolute atomic E-state index is 0.00703. The highest BCUT2D eigenvalue weighted by Crippen LogP contribution is 1.91. The summed E-state index contributed by atoms with van der Waals surface area (Å²) in [5.41, 5.74) is 0. The van der Waals surface area contributed by atoms with E-state index in [4.69, 9.17) is 5.11 Å². The van der Waals surface area contributed by atoms with Crippen molar-refractivity contribution >= 4 is 17.9 Å². The first kappa shape index (κ1) is 10.8. The van der Waals surface area contributed by atoms with E-state index in [0.29, 0.717) is 0 Å². The number of aliphatic carboxylic acids is 1. The molecule has 8 nitrogen and oxygen atoms in total. The number of carbonyl (C=O) groups is 2. The molecule has 0 fully saturated rings. The second-order valence-corrected chi connectivity index (χ2v) is 2.62. The van der Waals surface area contributed by atoms with Gasteiger partial charge in [0, 0.05) is 0 Å². The number of rotatable bonds is 3. The van der Waals surface area contributed by atoms with Gasteiger partial charge in [-0.2, -0.15) is 5.10 Å². The second kappa shape index (κ2) is 4.84. The third kappa shape index (κ3) is 3.55. The van der Waals surface area contributed by atoms with Gasteiger partial charge in [0.05, 0.1) is 12.4 Å². The average molecular weight is 211 g/mol. The van der Waals surface area contributed by atoms with Crippen molar-refractivity contribution in [3.63, 3.8) is 0 Å². The van der Waals surface area contributed by atoms with E-state index in [1.165, 1.54) is 19.3 Å². The van der Waals surface area contributed by atoms with Gasteiger partial charge in [0.1, 0.15) is 6.04 Å². The van der Waals surface area contributed by atoms with Crippen LogP contribution in [0.15, 0.2) is 12.4 Å². The smallest absolute Gasteiger partial charge is 0.325 e. The first-order valence-electron chi connectivity index (χ1n) is 4.03. The number of carboxylic acids is 1. The van der Waals surface area contributed by atoms with Crippen LogP contribution in [0.3, 0.4) is 0 Å². The molecule has 0 saturated heterocycles. The first-order valence-corrected chi connectivity index (χ1v) is 4.03. The highest BCUT2D eigenvalue weighted by Gasteiger charge is 2.14. The Hall–Kier alpha value is -2.25. The van der Waals surface area contributed by atoms with Crippen molar-refractivity contribution in [3.8, 4) is 0 Å². The minimum atomic E-state index is -1.13. The molecule has 0 bridgehead atoms. The molecule has 0 saturated carbocycles. The Kier molecular flexibility index (Phi) is 3.49. The highest BCUT2D eigenvalue weighted by molar-refractivity contribution is 5.90. The molecule has 0 aliphatic heterocycles. The van der Waals surface area contributed by atoms with Crippen LogP contribution < -0.4 is 10.6 Å². The van der Waals surface area contributed by atoms with E-state index >= 15 is 0 Å². The van der Waals surface area contributed by atoms with Gasteiger partial charge in [0.2, 0.25) is 0 Å². The number of nitrogens with one attached hydrogen (secondary N) is 2. The Morgan fingerprint density at radius 2 is 2.20 bits per heavy atom. The van der Waals surface area contributed by atoms with E-state index in [-0.39, 0.29) is 5.95 Å². The van der Waals surface area contributed by atoms with E-state index in [2.05, 4.69) is 25.8 Å². The van der Waals surface area contributed by atoms with Crippen molar-refractivity contribution in [2.75, 3.05) is 5.32 Å². The van der Waals surface area contributed by atoms with Crippen molar-refractivity contribution in [2.45, 2.75) is 13.0 Å². The Bertz CT molecular complexity index is 355. The van der Waals surface area contributed by atoms with Crippen LogP contribution in [-0.4, -0.2) is 38.3 Å². The lowest BCUT2D eigenvalue weighted by molar-refractivity contribution is -0.138. The predicted octanol–water partition coefficient (Wildman–Crippen LogP) is -0.534. The number of carboxylic acid groups (broad SMARTS) is 1. The van der Waals surface area contributed by atoms with Crippen molar-refractivity contribution in [3.05, 3.63) is 12.4 Å². The Labute approximate surface area is 84.7 Å². The average Bonchev–Trinajstić information content (AvgIpc) is 2.18. The van der Waals surface area contributed by atoms with Crippen LogP contribution in [0, 0.1) is 0 Å². The van der Waals surface area contributed by atoms with Crippen LogP contribution >= 0.6 is 0 Å². The standard InChI is InChI=1S/C7H9N5O3/c1-4(5(13)14)10-7(15)11-6-8-2-3-9-12-6/h2-4H,1H3,(H,13,14)(H2,8,10,11,12,15)/t4-/m0/s1. The molecule has 0 spiro atoms. The zero-order chi connectivity index (χ0) is 11.3. The van der Waals surface area contributed by atoms with Gasteiger partial charge in [-0.25, -0.2) is 9.78 Å². The molecule has 3 N–H and O–H groups in total. The molecule has 1 atom stereocenters. The maximum atomic E-state index is 11.1. The van der Waals surface area contributed by atoms with E-state index in [9.17, 15) is 9.59 Å². The topological polar surface area (TPSA) is 117 Å². The molecule has 1 aromatic heterocycles. The summed E-state index contributed by atoms with van der Waals surface area (Å²) in [7, 11) is 0. The fraction of sp³-hybridized carbons (Fsp3) is 0.286. The lowest BCUT2D eigenvalue weighted by Crippen LogP contribution is -2.41. The molecule has 0 aliphatic carbocycles. The Morgan fingerprint density at radius 1 is 1.47 bits per heavy atom. The largest absolute Gasteiger partial charge is 0.480 e. The van der Waals surface area contributed by atoms with Gasteiger partial charge in [-0.05, 0) is 6.92 Å². The summed E-state index contributed by atoms with van der Waals surface area (Å²) >= 11 is 0. The van der Waals surface area contributed by atoms with E-state index in [1.807, 2.05) is 0 Å². The van der Waals surface area contributed by atoms with Crippen molar-refractivity contribution in [1.82, 2.24) is 20.5 Å². The van der Waals surface area contributed by atoms with Crippen molar-refractivity contribution in [1.29, 1.82) is 0 Å². The lowest BCUT2D eigenvalue weighted by Gasteiger charge is -2.08. The molecule has 1 aromatic rings. The van der Waals surface area contributed by atoms with Gasteiger partial charge in [-0.1, -0.05) is 0 Å². The lowest BCUT2D eigenvalue weighted by atomic mass is 10.3. The maximum absolute atomic E-state index is 11.1. The molecular formula is C7H9N5O3. The molecule has 1 heterocycles. The molecular weight excluding hydrogens is 202 g/mol. The van der Waals surface area contributed by atoms with Gasteiger partial charge in [0.25, 0.3) is 5.95 Å². The molecule has 8 heteroatoms. The summed E-state index contributed by atoms with van der Waals surface area (Å²) in [5, 5.41) is 19.9. The molecule has 2 amide bonds. The van der Waals surface area contributed by atoms with Crippen molar-refractivity contribution < 1.29 is 14.7 Å². The molecule has 0 unspecified atom stereocenters. The van der Waals surface area contributed by atoms with Crippen LogP contribution in [0.5, 0.6) is 0 Å². The molecule has 80 valence electrons. The third-order valence-corrected chi connectivity index (χ3v) is 1.43. The number of amides is 2. The highest BCUT2D eigenvalue weighted by atomic mass is 16.4. The third-order valence-electron chi connectivity index (χ3n) is 1.43. The van der Waals surface area contributed by atoms with E-state index in [0.717, 1.165) is 0 Å². The van der Waals surface area contributed by atoms with E-state index in [1.54, 1.807) is 0 Å². The summed E-state index contributed by atoms with van der Waals surface area (Å²) in [6.07, 6.45) is 2.70. The van der Waals surface area contributed by atoms with Crippen LogP contribution in [0.2, 0.25) is 0 Å². The molecule has 15 heavy (non-hydrogen) atoms. The van der Waals surface area contributed by atoms with Crippen LogP contribution in [0.1, 0.15) is 6.92 Å². The molecule has 0 aliphatic rings. The van der Waals surface area contributed by atoms with Gasteiger partial charge < -0.3 is 10.4 Å². The number of hydrogen-bond acceptors (Lipinski definition) is 5. The maximum Gasteiger partial charge on any atom is 0.325 e. The normalized spacial score (nSPS) is 11.5. The number of anilines is 1. The van der Waals surface area contributed by atoms with Gasteiger partial charge >= 0.3 is 12.0 Å². The van der Waals surface area contributed by atoms with Crippen molar-refractivity contribution in [2.24, 2.45) is 0 Å².